The zero-order valence-electron chi connectivity index (χ0n) is 9.98. The summed E-state index contributed by atoms with van der Waals surface area (Å²) in [7, 11) is 3.57. The topological polar surface area (TPSA) is 52.6 Å². The fourth-order valence-electron chi connectivity index (χ4n) is 1.57. The minimum Gasteiger partial charge on any atom is -0.480 e. The third-order valence-corrected chi connectivity index (χ3v) is 3.04. The molecule has 1 rings (SSSR count). The van der Waals surface area contributed by atoms with Gasteiger partial charge in [0.1, 0.15) is 6.04 Å². The van der Waals surface area contributed by atoms with E-state index in [1.807, 2.05) is 36.2 Å². The minimum atomic E-state index is -0.824. The third kappa shape index (κ3) is 4.85. The molecular formula is C12H17BrN2O2. The van der Waals surface area contributed by atoms with E-state index in [1.165, 1.54) is 0 Å². The average molecular weight is 301 g/mol. The Hall–Kier alpha value is -0.910. The molecule has 0 radical (unpaired) electrons. The molecule has 5 heteroatoms. The Morgan fingerprint density at radius 3 is 2.53 bits per heavy atom. The molecular weight excluding hydrogens is 284 g/mol. The van der Waals surface area contributed by atoms with Gasteiger partial charge in [-0.05, 0) is 31.8 Å². The molecule has 0 amide bonds. The molecule has 17 heavy (non-hydrogen) atoms. The zero-order chi connectivity index (χ0) is 12.8. The zero-order valence-corrected chi connectivity index (χ0v) is 11.6. The highest BCUT2D eigenvalue weighted by Gasteiger charge is 2.16. The molecule has 1 unspecified atom stereocenters. The summed E-state index contributed by atoms with van der Waals surface area (Å²) in [5.74, 6) is -0.824. The van der Waals surface area contributed by atoms with Crippen molar-refractivity contribution in [2.45, 2.75) is 12.6 Å². The van der Waals surface area contributed by atoms with Gasteiger partial charge in [0.15, 0.2) is 0 Å². The average Bonchev–Trinajstić information content (AvgIpc) is 2.28. The molecule has 0 spiro atoms. The van der Waals surface area contributed by atoms with Crippen molar-refractivity contribution in [1.82, 2.24) is 10.2 Å². The number of hydrogen-bond donors (Lipinski definition) is 2. The number of likely N-dealkylation sites (N-methyl/N-ethyl adjacent to an activating group) is 2. The van der Waals surface area contributed by atoms with Gasteiger partial charge in [-0.2, -0.15) is 0 Å². The van der Waals surface area contributed by atoms with E-state index in [0.29, 0.717) is 6.54 Å². The maximum Gasteiger partial charge on any atom is 0.322 e. The van der Waals surface area contributed by atoms with Crippen molar-refractivity contribution in [3.8, 4) is 0 Å². The first-order chi connectivity index (χ1) is 8.02. The van der Waals surface area contributed by atoms with Gasteiger partial charge in [0, 0.05) is 17.6 Å². The van der Waals surface area contributed by atoms with Crippen molar-refractivity contribution in [2.24, 2.45) is 0 Å². The van der Waals surface area contributed by atoms with E-state index in [2.05, 4.69) is 21.2 Å². The number of benzene rings is 1. The minimum absolute atomic E-state index is 0.474. The van der Waals surface area contributed by atoms with Crippen molar-refractivity contribution in [3.05, 3.63) is 34.3 Å². The van der Waals surface area contributed by atoms with Crippen LogP contribution in [0.25, 0.3) is 0 Å². The molecule has 1 atom stereocenters. The second-order valence-electron chi connectivity index (χ2n) is 4.00. The van der Waals surface area contributed by atoms with Gasteiger partial charge in [-0.15, -0.1) is 0 Å². The van der Waals surface area contributed by atoms with Crippen LogP contribution in [0.4, 0.5) is 0 Å². The smallest absolute Gasteiger partial charge is 0.322 e. The first kappa shape index (κ1) is 14.2. The van der Waals surface area contributed by atoms with Gasteiger partial charge in [0.25, 0.3) is 0 Å². The van der Waals surface area contributed by atoms with Crippen molar-refractivity contribution in [1.29, 1.82) is 0 Å². The van der Waals surface area contributed by atoms with Crippen LogP contribution < -0.4 is 5.32 Å². The van der Waals surface area contributed by atoms with E-state index in [1.54, 1.807) is 7.05 Å². The Bertz CT molecular complexity index is 367. The second-order valence-corrected chi connectivity index (χ2v) is 4.92. The molecule has 0 aliphatic heterocycles. The van der Waals surface area contributed by atoms with E-state index >= 15 is 0 Å². The van der Waals surface area contributed by atoms with E-state index in [-0.39, 0.29) is 0 Å². The Balaban J connectivity index is 2.51. The number of aliphatic carboxylic acids is 1. The Morgan fingerprint density at radius 1 is 1.47 bits per heavy atom. The lowest BCUT2D eigenvalue weighted by Crippen LogP contribution is -2.43. The first-order valence-electron chi connectivity index (χ1n) is 5.36. The number of carbonyl (C=O) groups is 1. The standard InChI is InChI=1S/C12H17BrN2O2/c1-14-11(12(16)17)8-15(2)7-9-3-5-10(13)6-4-9/h3-6,11,14H,7-8H2,1-2H3,(H,16,17). The molecule has 0 saturated heterocycles. The van der Waals surface area contributed by atoms with Gasteiger partial charge in [-0.3, -0.25) is 9.69 Å². The van der Waals surface area contributed by atoms with E-state index in [4.69, 9.17) is 5.11 Å². The molecule has 0 aliphatic carbocycles. The number of halogens is 1. The summed E-state index contributed by atoms with van der Waals surface area (Å²) in [6.45, 7) is 1.21. The maximum absolute atomic E-state index is 10.9. The van der Waals surface area contributed by atoms with Crippen molar-refractivity contribution >= 4 is 21.9 Å². The Morgan fingerprint density at radius 2 is 2.06 bits per heavy atom. The van der Waals surface area contributed by atoms with Crippen molar-refractivity contribution in [3.63, 3.8) is 0 Å². The van der Waals surface area contributed by atoms with Gasteiger partial charge < -0.3 is 10.4 Å². The molecule has 0 saturated carbocycles. The van der Waals surface area contributed by atoms with Gasteiger partial charge in [-0.1, -0.05) is 28.1 Å². The number of carboxylic acids is 1. The SMILES string of the molecule is CNC(CN(C)Cc1ccc(Br)cc1)C(=O)O. The summed E-state index contributed by atoms with van der Waals surface area (Å²) in [5, 5.41) is 11.7. The fraction of sp³-hybridized carbons (Fsp3) is 0.417. The van der Waals surface area contributed by atoms with Crippen LogP contribution in [-0.2, 0) is 11.3 Å². The van der Waals surface area contributed by atoms with Crippen molar-refractivity contribution < 1.29 is 9.90 Å². The maximum atomic E-state index is 10.9. The molecule has 0 fully saturated rings. The third-order valence-electron chi connectivity index (χ3n) is 2.51. The first-order valence-corrected chi connectivity index (χ1v) is 6.15. The molecule has 0 aliphatic rings. The summed E-state index contributed by atoms with van der Waals surface area (Å²) in [5.41, 5.74) is 1.16. The van der Waals surface area contributed by atoms with Crippen LogP contribution in [0.1, 0.15) is 5.56 Å². The number of rotatable bonds is 6. The number of nitrogens with one attached hydrogen (secondary N) is 1. The normalized spacial score (nSPS) is 12.7. The largest absolute Gasteiger partial charge is 0.480 e. The highest BCUT2D eigenvalue weighted by atomic mass is 79.9. The lowest BCUT2D eigenvalue weighted by molar-refractivity contribution is -0.139. The quantitative estimate of drug-likeness (QED) is 0.837. The summed E-state index contributed by atoms with van der Waals surface area (Å²) in [4.78, 5) is 12.9. The molecule has 1 aromatic rings. The van der Waals surface area contributed by atoms with Crippen LogP contribution in [0.15, 0.2) is 28.7 Å². The van der Waals surface area contributed by atoms with Gasteiger partial charge >= 0.3 is 5.97 Å². The molecule has 4 nitrogen and oxygen atoms in total. The van der Waals surface area contributed by atoms with Crippen LogP contribution >= 0.6 is 15.9 Å². The summed E-state index contributed by atoms with van der Waals surface area (Å²) in [6, 6.07) is 7.48. The van der Waals surface area contributed by atoms with Crippen LogP contribution in [0, 0.1) is 0 Å². The summed E-state index contributed by atoms with van der Waals surface area (Å²) in [6.07, 6.45) is 0. The number of nitrogens with zero attached hydrogens (tertiary/aromatic N) is 1. The monoisotopic (exact) mass is 300 g/mol. The molecule has 1 aromatic carbocycles. The molecule has 0 heterocycles. The predicted molar refractivity (Wildman–Crippen MR) is 71.0 cm³/mol. The Kier molecular flexibility index (Phi) is 5.61. The highest BCUT2D eigenvalue weighted by molar-refractivity contribution is 9.10. The van der Waals surface area contributed by atoms with Crippen LogP contribution in [0.3, 0.4) is 0 Å². The van der Waals surface area contributed by atoms with E-state index < -0.39 is 12.0 Å². The predicted octanol–water partition coefficient (Wildman–Crippen LogP) is 1.55. The van der Waals surface area contributed by atoms with Crippen LogP contribution in [-0.4, -0.2) is 42.7 Å². The van der Waals surface area contributed by atoms with Gasteiger partial charge in [-0.25, -0.2) is 0 Å². The lowest BCUT2D eigenvalue weighted by Gasteiger charge is -2.21. The number of carboxylic acid groups (broad SMARTS) is 1. The van der Waals surface area contributed by atoms with Crippen LogP contribution in [0.2, 0.25) is 0 Å². The van der Waals surface area contributed by atoms with Gasteiger partial charge in [0.05, 0.1) is 0 Å². The van der Waals surface area contributed by atoms with E-state index in [9.17, 15) is 4.79 Å². The molecule has 0 bridgehead atoms. The highest BCUT2D eigenvalue weighted by Crippen LogP contribution is 2.11. The lowest BCUT2D eigenvalue weighted by atomic mass is 10.2. The summed E-state index contributed by atoms with van der Waals surface area (Å²) >= 11 is 3.38. The second kappa shape index (κ2) is 6.74. The van der Waals surface area contributed by atoms with E-state index in [0.717, 1.165) is 16.6 Å². The molecule has 94 valence electrons. The van der Waals surface area contributed by atoms with Crippen LogP contribution in [0.5, 0.6) is 0 Å². The van der Waals surface area contributed by atoms with Crippen molar-refractivity contribution in [2.75, 3.05) is 20.6 Å². The summed E-state index contributed by atoms with van der Waals surface area (Å²) < 4.78 is 1.04. The number of hydrogen-bond acceptors (Lipinski definition) is 3. The molecule has 2 N–H and O–H groups in total. The fourth-order valence-corrected chi connectivity index (χ4v) is 1.83. The van der Waals surface area contributed by atoms with Gasteiger partial charge in [0.2, 0.25) is 0 Å². The Labute approximate surface area is 110 Å². The molecule has 0 aromatic heterocycles.